The first-order valence-corrected chi connectivity index (χ1v) is 10.1. The second-order valence-corrected chi connectivity index (χ2v) is 7.84. The molecule has 0 unspecified atom stereocenters. The van der Waals surface area contributed by atoms with E-state index in [0.717, 1.165) is 11.1 Å². The summed E-state index contributed by atoms with van der Waals surface area (Å²) in [5, 5.41) is 35.0. The molecule has 0 fully saturated rings. The molecule has 0 radical (unpaired) electrons. The van der Waals surface area contributed by atoms with Crippen LogP contribution in [0.4, 0.5) is 17.1 Å². The summed E-state index contributed by atoms with van der Waals surface area (Å²) < 4.78 is 28.6. The van der Waals surface area contributed by atoms with Gasteiger partial charge in [0.25, 0.3) is 0 Å². The molecule has 0 aliphatic rings. The third kappa shape index (κ3) is 6.11. The normalized spacial score (nSPS) is 11.5. The average molecular weight is 450 g/mol. The van der Waals surface area contributed by atoms with E-state index in [4.69, 9.17) is 0 Å². The molecule has 31 heavy (non-hydrogen) atoms. The molecule has 156 valence electrons. The van der Waals surface area contributed by atoms with E-state index in [1.165, 1.54) is 36.4 Å². The van der Waals surface area contributed by atoms with Crippen molar-refractivity contribution in [1.82, 2.24) is 0 Å². The third-order valence-corrected chi connectivity index (χ3v) is 5.14. The van der Waals surface area contributed by atoms with E-state index in [9.17, 15) is 18.6 Å². The van der Waals surface area contributed by atoms with Crippen LogP contribution in [0.2, 0.25) is 0 Å². The van der Waals surface area contributed by atoms with Crippen molar-refractivity contribution in [2.75, 3.05) is 0 Å². The molecule has 0 spiro atoms. The standard InChI is InChI=1S/C20H18N4O5S.Na.H/c1-13-8-9-16(14(2)12-13)21-23-19-18(25)11-10-17(20(19)26)22-24-29-30(27,28)15-6-4-3-5-7-15;;/h3-12,25-26H,1-2H3;;. The number of aryl methyl sites for hydroxylation is 2. The number of hydrogen-bond acceptors (Lipinski definition) is 9. The Labute approximate surface area is 201 Å². The van der Waals surface area contributed by atoms with E-state index in [0.29, 0.717) is 5.69 Å². The Hall–Kier alpha value is -2.79. The zero-order chi connectivity index (χ0) is 21.7. The maximum absolute atomic E-state index is 12.0. The van der Waals surface area contributed by atoms with Crippen LogP contribution in [0.5, 0.6) is 11.5 Å². The number of aromatic hydroxyl groups is 2. The van der Waals surface area contributed by atoms with Crippen molar-refractivity contribution >= 4 is 56.7 Å². The van der Waals surface area contributed by atoms with E-state index >= 15 is 0 Å². The van der Waals surface area contributed by atoms with Crippen molar-refractivity contribution in [2.24, 2.45) is 20.6 Å². The SMILES string of the molecule is Cc1ccc(N=Nc2c(O)ccc(N=NOS(=O)(=O)c3ccccc3)c2O)c(C)c1.[NaH]. The molecule has 0 aliphatic carbocycles. The molecule has 0 amide bonds. The van der Waals surface area contributed by atoms with E-state index in [-0.39, 0.29) is 51.6 Å². The minimum absolute atomic E-state index is 0. The van der Waals surface area contributed by atoms with Gasteiger partial charge >= 0.3 is 39.7 Å². The summed E-state index contributed by atoms with van der Waals surface area (Å²) in [6.07, 6.45) is 0. The van der Waals surface area contributed by atoms with Crippen LogP contribution in [0.15, 0.2) is 86.2 Å². The number of rotatable bonds is 6. The van der Waals surface area contributed by atoms with Gasteiger partial charge in [-0.15, -0.1) is 10.2 Å². The average Bonchev–Trinajstić information content (AvgIpc) is 2.71. The van der Waals surface area contributed by atoms with Crippen LogP contribution < -0.4 is 0 Å². The van der Waals surface area contributed by atoms with Crippen molar-refractivity contribution in [3.05, 3.63) is 71.8 Å². The number of nitrogens with zero attached hydrogens (tertiary/aromatic N) is 4. The maximum atomic E-state index is 12.0. The summed E-state index contributed by atoms with van der Waals surface area (Å²) in [4.78, 5) is -0.0955. The van der Waals surface area contributed by atoms with E-state index in [1.54, 1.807) is 12.1 Å². The van der Waals surface area contributed by atoms with Gasteiger partial charge in [-0.1, -0.05) is 35.9 Å². The number of hydrogen-bond donors (Lipinski definition) is 2. The van der Waals surface area contributed by atoms with Crippen LogP contribution in [-0.2, 0) is 14.4 Å². The van der Waals surface area contributed by atoms with Gasteiger partial charge in [0.05, 0.1) is 5.69 Å². The molecule has 3 aromatic rings. The van der Waals surface area contributed by atoms with Gasteiger partial charge in [0.15, 0.2) is 11.4 Å². The number of benzene rings is 3. The predicted molar refractivity (Wildman–Crippen MR) is 116 cm³/mol. The molecular formula is C20H19N4NaO5S. The third-order valence-electron chi connectivity index (χ3n) is 4.03. The molecule has 0 saturated carbocycles. The van der Waals surface area contributed by atoms with Gasteiger partial charge in [-0.2, -0.15) is 13.5 Å². The summed E-state index contributed by atoms with van der Waals surface area (Å²) in [6, 6.07) is 15.4. The molecule has 0 aromatic heterocycles. The summed E-state index contributed by atoms with van der Waals surface area (Å²) in [7, 11) is -4.15. The molecule has 11 heteroatoms. The Balaban J connectivity index is 0.00000341. The van der Waals surface area contributed by atoms with Crippen LogP contribution in [0.25, 0.3) is 0 Å². The van der Waals surface area contributed by atoms with E-state index in [1.807, 2.05) is 26.0 Å². The molecule has 0 bridgehead atoms. The second kappa shape index (κ2) is 10.5. The zero-order valence-electron chi connectivity index (χ0n) is 16.1. The molecule has 3 aromatic carbocycles. The van der Waals surface area contributed by atoms with Crippen molar-refractivity contribution < 1.29 is 22.9 Å². The van der Waals surface area contributed by atoms with Gasteiger partial charge in [-0.3, -0.25) is 0 Å². The minimum atomic E-state index is -4.15. The molecule has 0 heterocycles. The number of azo groups is 1. The van der Waals surface area contributed by atoms with Gasteiger partial charge in [0.2, 0.25) is 0 Å². The summed E-state index contributed by atoms with van der Waals surface area (Å²) in [6.45, 7) is 3.80. The Morgan fingerprint density at radius 1 is 0.839 bits per heavy atom. The van der Waals surface area contributed by atoms with Crippen LogP contribution in [0.3, 0.4) is 0 Å². The van der Waals surface area contributed by atoms with Gasteiger partial charge in [0.1, 0.15) is 16.3 Å². The Morgan fingerprint density at radius 2 is 1.52 bits per heavy atom. The van der Waals surface area contributed by atoms with Crippen LogP contribution >= 0.6 is 0 Å². The summed E-state index contributed by atoms with van der Waals surface area (Å²) in [5.74, 6) is -0.870. The summed E-state index contributed by atoms with van der Waals surface area (Å²) in [5.41, 5.74) is 2.09. The van der Waals surface area contributed by atoms with Crippen LogP contribution in [0, 0.1) is 13.8 Å². The topological polar surface area (TPSA) is 133 Å². The fourth-order valence-corrected chi connectivity index (χ4v) is 3.19. The van der Waals surface area contributed by atoms with Crippen molar-refractivity contribution in [2.45, 2.75) is 18.7 Å². The van der Waals surface area contributed by atoms with Gasteiger partial charge in [0, 0.05) is 5.28 Å². The van der Waals surface area contributed by atoms with Gasteiger partial charge in [-0.25, -0.2) is 4.28 Å². The predicted octanol–water partition coefficient (Wildman–Crippen LogP) is 4.89. The molecule has 3 rings (SSSR count). The molecule has 0 aliphatic heterocycles. The molecule has 0 atom stereocenters. The van der Waals surface area contributed by atoms with Crippen molar-refractivity contribution in [3.63, 3.8) is 0 Å². The molecule has 0 saturated heterocycles. The van der Waals surface area contributed by atoms with Crippen LogP contribution in [0.1, 0.15) is 11.1 Å². The molecule has 2 N–H and O–H groups in total. The zero-order valence-corrected chi connectivity index (χ0v) is 16.9. The first-order valence-electron chi connectivity index (χ1n) is 8.71. The van der Waals surface area contributed by atoms with Crippen molar-refractivity contribution in [3.8, 4) is 11.5 Å². The second-order valence-electron chi connectivity index (χ2n) is 6.31. The van der Waals surface area contributed by atoms with Crippen molar-refractivity contribution in [1.29, 1.82) is 0 Å². The van der Waals surface area contributed by atoms with Gasteiger partial charge < -0.3 is 10.2 Å². The Morgan fingerprint density at radius 3 is 2.19 bits per heavy atom. The quantitative estimate of drug-likeness (QED) is 0.313. The molecule has 9 nitrogen and oxygen atoms in total. The van der Waals surface area contributed by atoms with Crippen LogP contribution in [-0.4, -0.2) is 48.2 Å². The number of phenolic OH excluding ortho intramolecular Hbond substituents is 2. The number of phenols is 2. The van der Waals surface area contributed by atoms with E-state index < -0.39 is 15.9 Å². The molecular weight excluding hydrogens is 431 g/mol. The fraction of sp³-hybridized carbons (Fsp3) is 0.100. The monoisotopic (exact) mass is 450 g/mol. The van der Waals surface area contributed by atoms with Gasteiger partial charge in [-0.05, 0) is 49.7 Å². The van der Waals surface area contributed by atoms with E-state index in [2.05, 4.69) is 24.9 Å². The Kier molecular flexibility index (Phi) is 8.28. The first-order chi connectivity index (χ1) is 14.3. The summed E-state index contributed by atoms with van der Waals surface area (Å²) >= 11 is 0. The Bertz CT molecular complexity index is 1230. The first kappa shape index (κ1) is 24.5. The fourth-order valence-electron chi connectivity index (χ4n) is 2.49.